The first kappa shape index (κ1) is 14.6. The number of carbonyl (C=O) groups is 1. The van der Waals surface area contributed by atoms with Crippen LogP contribution in [0.25, 0.3) is 0 Å². The van der Waals surface area contributed by atoms with Gasteiger partial charge in [0.25, 0.3) is 0 Å². The molecule has 2 aromatic rings. The van der Waals surface area contributed by atoms with Crippen LogP contribution in [0.1, 0.15) is 36.7 Å². The normalized spacial score (nSPS) is 18.2. The van der Waals surface area contributed by atoms with Gasteiger partial charge in [-0.2, -0.15) is 5.10 Å². The van der Waals surface area contributed by atoms with Crippen molar-refractivity contribution >= 4 is 6.09 Å². The van der Waals surface area contributed by atoms with Crippen molar-refractivity contribution in [3.63, 3.8) is 0 Å². The van der Waals surface area contributed by atoms with Gasteiger partial charge in [0.2, 0.25) is 0 Å². The third kappa shape index (κ3) is 2.95. The summed E-state index contributed by atoms with van der Waals surface area (Å²) in [7, 11) is 1.42. The highest BCUT2D eigenvalue weighted by molar-refractivity contribution is 5.68. The third-order valence-electron chi connectivity index (χ3n) is 4.03. The van der Waals surface area contributed by atoms with Crippen LogP contribution in [0.4, 0.5) is 4.79 Å². The van der Waals surface area contributed by atoms with Gasteiger partial charge >= 0.3 is 6.09 Å². The summed E-state index contributed by atoms with van der Waals surface area (Å²) in [6.07, 6.45) is 4.23. The summed E-state index contributed by atoms with van der Waals surface area (Å²) in [5, 5.41) is 4.33. The van der Waals surface area contributed by atoms with Gasteiger partial charge in [0.15, 0.2) is 0 Å². The van der Waals surface area contributed by atoms with Gasteiger partial charge in [0.1, 0.15) is 12.2 Å². The monoisotopic (exact) mass is 300 g/mol. The number of nitrogens with zero attached hydrogens (tertiary/aromatic N) is 4. The van der Waals surface area contributed by atoms with Gasteiger partial charge in [-0.05, 0) is 24.8 Å². The Morgan fingerprint density at radius 3 is 2.91 bits per heavy atom. The van der Waals surface area contributed by atoms with Crippen LogP contribution in [0.3, 0.4) is 0 Å². The molecule has 1 aromatic carbocycles. The molecule has 22 heavy (non-hydrogen) atoms. The number of aromatic nitrogens is 3. The molecule has 6 nitrogen and oxygen atoms in total. The highest BCUT2D eigenvalue weighted by Crippen LogP contribution is 2.30. The Bertz CT molecular complexity index is 626. The molecule has 2 heterocycles. The number of rotatable bonds is 3. The molecular formula is C16H20N4O2. The highest BCUT2D eigenvalue weighted by atomic mass is 16.5. The van der Waals surface area contributed by atoms with Crippen molar-refractivity contribution in [2.45, 2.75) is 31.8 Å². The summed E-state index contributed by atoms with van der Waals surface area (Å²) in [4.78, 5) is 18.2. The number of piperidine rings is 1. The van der Waals surface area contributed by atoms with Gasteiger partial charge in [0.05, 0.1) is 19.7 Å². The zero-order valence-electron chi connectivity index (χ0n) is 12.7. The molecule has 0 N–H and O–H groups in total. The minimum absolute atomic E-state index is 0.0626. The van der Waals surface area contributed by atoms with E-state index >= 15 is 0 Å². The summed E-state index contributed by atoms with van der Waals surface area (Å²) < 4.78 is 6.78. The van der Waals surface area contributed by atoms with Crippen LogP contribution >= 0.6 is 0 Å². The van der Waals surface area contributed by atoms with Gasteiger partial charge in [-0.15, -0.1) is 0 Å². The average molecular weight is 300 g/mol. The molecule has 1 aromatic heterocycles. The minimum atomic E-state index is -0.293. The summed E-state index contributed by atoms with van der Waals surface area (Å²) in [6.45, 7) is 1.36. The van der Waals surface area contributed by atoms with Crippen LogP contribution in [-0.4, -0.2) is 39.4 Å². The SMILES string of the molecule is COC(=O)N1CCCC[C@H]1c1ncnn1Cc1ccccc1. The van der Waals surface area contributed by atoms with Crippen molar-refractivity contribution in [1.82, 2.24) is 19.7 Å². The van der Waals surface area contributed by atoms with Crippen LogP contribution in [0.5, 0.6) is 0 Å². The first-order valence-electron chi connectivity index (χ1n) is 7.56. The van der Waals surface area contributed by atoms with Gasteiger partial charge in [-0.1, -0.05) is 30.3 Å². The number of hydrogen-bond donors (Lipinski definition) is 0. The molecule has 0 unspecified atom stereocenters. The standard InChI is InChI=1S/C16H20N4O2/c1-22-16(21)19-10-6-5-9-14(19)15-17-12-18-20(15)11-13-7-3-2-4-8-13/h2-4,7-8,12,14H,5-6,9-11H2,1H3/t14-/m0/s1. The third-order valence-corrected chi connectivity index (χ3v) is 4.03. The van der Waals surface area contributed by atoms with Crippen molar-refractivity contribution in [3.05, 3.63) is 48.0 Å². The average Bonchev–Trinajstić information content (AvgIpc) is 3.03. The van der Waals surface area contributed by atoms with Crippen molar-refractivity contribution in [3.8, 4) is 0 Å². The van der Waals surface area contributed by atoms with Crippen LogP contribution in [0.15, 0.2) is 36.7 Å². The molecule has 0 aliphatic carbocycles. The summed E-state index contributed by atoms with van der Waals surface area (Å²) in [5.74, 6) is 0.828. The Kier molecular flexibility index (Phi) is 4.37. The number of amides is 1. The van der Waals surface area contributed by atoms with E-state index in [4.69, 9.17) is 4.74 Å². The lowest BCUT2D eigenvalue weighted by Crippen LogP contribution is -2.39. The smallest absolute Gasteiger partial charge is 0.410 e. The van der Waals surface area contributed by atoms with Crippen molar-refractivity contribution in [2.24, 2.45) is 0 Å². The molecule has 1 aliphatic rings. The van der Waals surface area contributed by atoms with E-state index in [9.17, 15) is 4.79 Å². The molecule has 1 saturated heterocycles. The fraction of sp³-hybridized carbons (Fsp3) is 0.438. The van der Waals surface area contributed by atoms with Gasteiger partial charge in [0, 0.05) is 6.54 Å². The molecule has 6 heteroatoms. The highest BCUT2D eigenvalue weighted by Gasteiger charge is 2.31. The molecule has 0 radical (unpaired) electrons. The summed E-state index contributed by atoms with van der Waals surface area (Å²) >= 11 is 0. The quantitative estimate of drug-likeness (QED) is 0.874. The first-order chi connectivity index (χ1) is 10.8. The Labute approximate surface area is 129 Å². The molecule has 1 amide bonds. The van der Waals surface area contributed by atoms with E-state index in [1.54, 1.807) is 11.2 Å². The van der Waals surface area contributed by atoms with Gasteiger partial charge < -0.3 is 4.74 Å². The lowest BCUT2D eigenvalue weighted by atomic mass is 10.0. The Balaban J connectivity index is 1.85. The van der Waals surface area contributed by atoms with Crippen LogP contribution in [0, 0.1) is 0 Å². The number of likely N-dealkylation sites (tertiary alicyclic amines) is 1. The zero-order valence-corrected chi connectivity index (χ0v) is 12.7. The fourth-order valence-electron chi connectivity index (χ4n) is 2.95. The zero-order chi connectivity index (χ0) is 15.4. The molecule has 0 bridgehead atoms. The van der Waals surface area contributed by atoms with Crippen LogP contribution in [-0.2, 0) is 11.3 Å². The van der Waals surface area contributed by atoms with Crippen LogP contribution in [0.2, 0.25) is 0 Å². The number of carbonyl (C=O) groups excluding carboxylic acids is 1. The number of methoxy groups -OCH3 is 1. The van der Waals surface area contributed by atoms with E-state index in [1.165, 1.54) is 7.11 Å². The number of hydrogen-bond acceptors (Lipinski definition) is 4. The predicted molar refractivity (Wildman–Crippen MR) is 81.3 cm³/mol. The Morgan fingerprint density at radius 2 is 2.14 bits per heavy atom. The van der Waals surface area contributed by atoms with Crippen molar-refractivity contribution < 1.29 is 9.53 Å². The van der Waals surface area contributed by atoms with E-state index in [2.05, 4.69) is 22.2 Å². The van der Waals surface area contributed by atoms with Crippen LogP contribution < -0.4 is 0 Å². The minimum Gasteiger partial charge on any atom is -0.453 e. The van der Waals surface area contributed by atoms with Gasteiger partial charge in [-0.25, -0.2) is 14.5 Å². The second kappa shape index (κ2) is 6.60. The van der Waals surface area contributed by atoms with E-state index < -0.39 is 0 Å². The first-order valence-corrected chi connectivity index (χ1v) is 7.56. The molecule has 0 spiro atoms. The molecular weight excluding hydrogens is 280 g/mol. The molecule has 1 fully saturated rings. The largest absolute Gasteiger partial charge is 0.453 e. The molecule has 1 aliphatic heterocycles. The summed E-state index contributed by atoms with van der Waals surface area (Å²) in [5.41, 5.74) is 1.16. The van der Waals surface area contributed by atoms with E-state index in [0.29, 0.717) is 13.1 Å². The summed E-state index contributed by atoms with van der Waals surface area (Å²) in [6, 6.07) is 10.1. The second-order valence-electron chi connectivity index (χ2n) is 5.44. The molecule has 116 valence electrons. The molecule has 1 atom stereocenters. The number of benzene rings is 1. The van der Waals surface area contributed by atoms with Gasteiger partial charge in [-0.3, -0.25) is 4.90 Å². The van der Waals surface area contributed by atoms with E-state index in [1.807, 2.05) is 22.9 Å². The predicted octanol–water partition coefficient (Wildman–Crippen LogP) is 2.62. The molecule has 0 saturated carbocycles. The lowest BCUT2D eigenvalue weighted by Gasteiger charge is -2.33. The molecule has 3 rings (SSSR count). The van der Waals surface area contributed by atoms with E-state index in [-0.39, 0.29) is 12.1 Å². The van der Waals surface area contributed by atoms with Crippen molar-refractivity contribution in [2.75, 3.05) is 13.7 Å². The van der Waals surface area contributed by atoms with E-state index in [0.717, 1.165) is 30.7 Å². The maximum absolute atomic E-state index is 12.0. The maximum atomic E-state index is 12.0. The maximum Gasteiger partial charge on any atom is 0.410 e. The lowest BCUT2D eigenvalue weighted by molar-refractivity contribution is 0.0856. The fourth-order valence-corrected chi connectivity index (χ4v) is 2.95. The second-order valence-corrected chi connectivity index (χ2v) is 5.44. The Morgan fingerprint density at radius 1 is 1.32 bits per heavy atom. The number of ether oxygens (including phenoxy) is 1. The van der Waals surface area contributed by atoms with Crippen molar-refractivity contribution in [1.29, 1.82) is 0 Å². The topological polar surface area (TPSA) is 60.2 Å². The Hall–Kier alpha value is -2.37.